The SMILES string of the molecule is CCSCCOC(=O)C1=C(C)Nc2ncnn2[C@H]1c1ccc(OC)c(Cl)c1. The number of nitrogens with one attached hydrogen (secondary N) is 1. The highest BCUT2D eigenvalue weighted by atomic mass is 35.5. The van der Waals surface area contributed by atoms with Crippen LogP contribution in [0.5, 0.6) is 5.75 Å². The number of fused-ring (bicyclic) bond motifs is 1. The maximum Gasteiger partial charge on any atom is 0.338 e. The minimum Gasteiger partial charge on any atom is -0.495 e. The lowest BCUT2D eigenvalue weighted by Crippen LogP contribution is -2.30. The quantitative estimate of drug-likeness (QED) is 0.554. The summed E-state index contributed by atoms with van der Waals surface area (Å²) in [5, 5.41) is 7.86. The van der Waals surface area contributed by atoms with E-state index in [0.717, 1.165) is 17.1 Å². The van der Waals surface area contributed by atoms with Crippen molar-refractivity contribution in [3.05, 3.63) is 46.4 Å². The van der Waals surface area contributed by atoms with E-state index >= 15 is 0 Å². The van der Waals surface area contributed by atoms with Crippen LogP contribution in [0.1, 0.15) is 25.5 Å². The number of aromatic nitrogens is 3. The van der Waals surface area contributed by atoms with E-state index in [2.05, 4.69) is 22.3 Å². The van der Waals surface area contributed by atoms with Crippen LogP contribution in [0.15, 0.2) is 35.8 Å². The number of hydrogen-bond donors (Lipinski definition) is 1. The fraction of sp³-hybridized carbons (Fsp3) is 0.389. The standard InChI is InChI=1S/C18H21ClN4O3S/c1-4-27-8-7-26-17(24)15-11(2)22-18-20-10-21-23(18)16(15)12-5-6-14(25-3)13(19)9-12/h5-6,9-10,16H,4,7-8H2,1-3H3,(H,20,21,22)/t16-/m0/s1. The predicted octanol–water partition coefficient (Wildman–Crippen LogP) is 3.53. The largest absolute Gasteiger partial charge is 0.495 e. The molecule has 2 aromatic rings. The van der Waals surface area contributed by atoms with Crippen molar-refractivity contribution >= 4 is 35.3 Å². The lowest BCUT2D eigenvalue weighted by Gasteiger charge is -2.28. The topological polar surface area (TPSA) is 78.3 Å². The summed E-state index contributed by atoms with van der Waals surface area (Å²) in [6.45, 7) is 4.25. The molecule has 7 nitrogen and oxygen atoms in total. The molecule has 2 heterocycles. The Morgan fingerprint density at radius 2 is 2.26 bits per heavy atom. The molecular formula is C18H21ClN4O3S. The van der Waals surface area contributed by atoms with Gasteiger partial charge in [0.25, 0.3) is 0 Å². The predicted molar refractivity (Wildman–Crippen MR) is 106 cm³/mol. The van der Waals surface area contributed by atoms with Crippen LogP contribution in [0.25, 0.3) is 0 Å². The van der Waals surface area contributed by atoms with Crippen LogP contribution >= 0.6 is 23.4 Å². The molecule has 0 bridgehead atoms. The first-order valence-electron chi connectivity index (χ1n) is 8.52. The molecule has 0 radical (unpaired) electrons. The summed E-state index contributed by atoms with van der Waals surface area (Å²) in [5.41, 5.74) is 1.96. The van der Waals surface area contributed by atoms with Crippen LogP contribution in [0.4, 0.5) is 5.95 Å². The molecule has 1 aromatic carbocycles. The normalized spacial score (nSPS) is 15.9. The van der Waals surface area contributed by atoms with Crippen molar-refractivity contribution in [1.29, 1.82) is 0 Å². The summed E-state index contributed by atoms with van der Waals surface area (Å²) in [6.07, 6.45) is 1.44. The summed E-state index contributed by atoms with van der Waals surface area (Å²) in [5.74, 6) is 2.48. The number of thioether (sulfide) groups is 1. The summed E-state index contributed by atoms with van der Waals surface area (Å²) in [7, 11) is 1.56. The molecule has 3 rings (SSSR count). The zero-order valence-corrected chi connectivity index (χ0v) is 16.9. The molecule has 27 heavy (non-hydrogen) atoms. The highest BCUT2D eigenvalue weighted by molar-refractivity contribution is 7.99. The van der Waals surface area contributed by atoms with Gasteiger partial charge < -0.3 is 14.8 Å². The molecule has 0 amide bonds. The number of carbonyl (C=O) groups is 1. The van der Waals surface area contributed by atoms with Crippen LogP contribution in [-0.4, -0.2) is 46.0 Å². The van der Waals surface area contributed by atoms with E-state index in [1.54, 1.807) is 35.7 Å². The number of hydrogen-bond acceptors (Lipinski definition) is 7. The van der Waals surface area contributed by atoms with Crippen LogP contribution in [0.2, 0.25) is 5.02 Å². The van der Waals surface area contributed by atoms with E-state index in [-0.39, 0.29) is 5.97 Å². The Hall–Kier alpha value is -2.19. The molecule has 0 fully saturated rings. The Morgan fingerprint density at radius 1 is 1.44 bits per heavy atom. The third kappa shape index (κ3) is 4.06. The Balaban J connectivity index is 1.97. The lowest BCUT2D eigenvalue weighted by molar-refractivity contribution is -0.138. The van der Waals surface area contributed by atoms with Crippen LogP contribution in [0.3, 0.4) is 0 Å². The van der Waals surface area contributed by atoms with Gasteiger partial charge in [0.15, 0.2) is 0 Å². The van der Waals surface area contributed by atoms with Crippen molar-refractivity contribution in [2.75, 3.05) is 30.5 Å². The van der Waals surface area contributed by atoms with E-state index in [1.807, 2.05) is 13.0 Å². The Kier molecular flexibility index (Phi) is 6.28. The van der Waals surface area contributed by atoms with Gasteiger partial charge in [-0.1, -0.05) is 24.6 Å². The van der Waals surface area contributed by atoms with E-state index in [9.17, 15) is 4.79 Å². The Morgan fingerprint density at radius 3 is 2.96 bits per heavy atom. The zero-order valence-electron chi connectivity index (χ0n) is 15.4. The lowest BCUT2D eigenvalue weighted by atomic mass is 9.95. The maximum atomic E-state index is 12.8. The van der Waals surface area contributed by atoms with Gasteiger partial charge in [0, 0.05) is 11.4 Å². The molecule has 9 heteroatoms. The van der Waals surface area contributed by atoms with Crippen LogP contribution in [-0.2, 0) is 9.53 Å². The molecule has 144 valence electrons. The average Bonchev–Trinajstić information content (AvgIpc) is 3.11. The molecule has 1 aromatic heterocycles. The number of methoxy groups -OCH3 is 1. The molecule has 0 unspecified atom stereocenters. The van der Waals surface area contributed by atoms with Gasteiger partial charge in [-0.2, -0.15) is 21.8 Å². The number of esters is 1. The Bertz CT molecular complexity index is 868. The van der Waals surface area contributed by atoms with Gasteiger partial charge >= 0.3 is 5.97 Å². The van der Waals surface area contributed by atoms with Crippen molar-refractivity contribution in [2.45, 2.75) is 19.9 Å². The molecule has 0 saturated carbocycles. The summed E-state index contributed by atoms with van der Waals surface area (Å²) >= 11 is 8.03. The molecule has 1 N–H and O–H groups in total. The smallest absolute Gasteiger partial charge is 0.338 e. The van der Waals surface area contributed by atoms with Gasteiger partial charge in [-0.25, -0.2) is 9.48 Å². The van der Waals surface area contributed by atoms with E-state index in [0.29, 0.717) is 34.6 Å². The number of nitrogens with zero attached hydrogens (tertiary/aromatic N) is 3. The first kappa shape index (κ1) is 19.6. The third-order valence-corrected chi connectivity index (χ3v) is 5.33. The number of ether oxygens (including phenoxy) is 2. The maximum absolute atomic E-state index is 12.8. The molecule has 0 saturated heterocycles. The first-order valence-corrected chi connectivity index (χ1v) is 10.1. The van der Waals surface area contributed by atoms with Crippen molar-refractivity contribution < 1.29 is 14.3 Å². The summed E-state index contributed by atoms with van der Waals surface area (Å²) < 4.78 is 12.4. The highest BCUT2D eigenvalue weighted by Gasteiger charge is 2.34. The molecule has 1 aliphatic rings. The fourth-order valence-corrected chi connectivity index (χ4v) is 3.69. The molecule has 1 aliphatic heterocycles. The number of allylic oxidation sites excluding steroid dienone is 1. The van der Waals surface area contributed by atoms with E-state index in [4.69, 9.17) is 21.1 Å². The molecule has 0 spiro atoms. The second-order valence-corrected chi connectivity index (χ2v) is 7.62. The monoisotopic (exact) mass is 408 g/mol. The summed E-state index contributed by atoms with van der Waals surface area (Å²) in [4.78, 5) is 17.1. The highest BCUT2D eigenvalue weighted by Crippen LogP contribution is 2.37. The van der Waals surface area contributed by atoms with Gasteiger partial charge in [-0.3, -0.25) is 0 Å². The number of rotatable bonds is 7. The Labute approximate surface area is 167 Å². The number of carbonyl (C=O) groups excluding carboxylic acids is 1. The summed E-state index contributed by atoms with van der Waals surface area (Å²) in [6, 6.07) is 4.92. The zero-order chi connectivity index (χ0) is 19.4. The van der Waals surface area contributed by atoms with E-state index in [1.165, 1.54) is 6.33 Å². The van der Waals surface area contributed by atoms with Crippen molar-refractivity contribution in [1.82, 2.24) is 14.8 Å². The first-order chi connectivity index (χ1) is 13.1. The fourth-order valence-electron chi connectivity index (χ4n) is 2.93. The molecule has 0 aliphatic carbocycles. The van der Waals surface area contributed by atoms with Gasteiger partial charge in [0.05, 0.1) is 17.7 Å². The van der Waals surface area contributed by atoms with Gasteiger partial charge in [0.1, 0.15) is 24.7 Å². The van der Waals surface area contributed by atoms with Crippen LogP contribution in [0, 0.1) is 0 Å². The van der Waals surface area contributed by atoms with Gasteiger partial charge in [-0.05, 0) is 30.4 Å². The van der Waals surface area contributed by atoms with Gasteiger partial charge in [0.2, 0.25) is 5.95 Å². The third-order valence-electron chi connectivity index (χ3n) is 4.17. The minimum atomic E-state index is -0.488. The van der Waals surface area contributed by atoms with Crippen molar-refractivity contribution in [2.24, 2.45) is 0 Å². The second kappa shape index (κ2) is 8.67. The number of halogens is 1. The van der Waals surface area contributed by atoms with Crippen molar-refractivity contribution in [3.63, 3.8) is 0 Å². The number of anilines is 1. The number of benzene rings is 1. The molecular weight excluding hydrogens is 388 g/mol. The molecule has 1 atom stereocenters. The second-order valence-electron chi connectivity index (χ2n) is 5.82. The minimum absolute atomic E-state index is 0.356. The van der Waals surface area contributed by atoms with Crippen LogP contribution < -0.4 is 10.1 Å². The van der Waals surface area contributed by atoms with Gasteiger partial charge in [-0.15, -0.1) is 0 Å². The van der Waals surface area contributed by atoms with E-state index < -0.39 is 6.04 Å². The average molecular weight is 409 g/mol. The van der Waals surface area contributed by atoms with Crippen molar-refractivity contribution in [3.8, 4) is 5.75 Å².